The van der Waals surface area contributed by atoms with E-state index in [1.54, 1.807) is 6.07 Å². The Hall–Kier alpha value is -0.850. The quantitative estimate of drug-likeness (QED) is 0.791. The predicted molar refractivity (Wildman–Crippen MR) is 81.0 cm³/mol. The second-order valence-electron chi connectivity index (χ2n) is 4.18. The second kappa shape index (κ2) is 6.92. The minimum atomic E-state index is -0.310. The van der Waals surface area contributed by atoms with Crippen LogP contribution in [0.4, 0.5) is 0 Å². The van der Waals surface area contributed by atoms with Gasteiger partial charge in [-0.3, -0.25) is 9.59 Å². The van der Waals surface area contributed by atoms with Crippen LogP contribution in [0.2, 0.25) is 0 Å². The lowest BCUT2D eigenvalue weighted by Crippen LogP contribution is -2.37. The van der Waals surface area contributed by atoms with Crippen LogP contribution in [0.15, 0.2) is 10.9 Å². The van der Waals surface area contributed by atoms with E-state index >= 15 is 0 Å². The first kappa shape index (κ1) is 15.2. The van der Waals surface area contributed by atoms with Gasteiger partial charge in [-0.2, -0.15) is 0 Å². The van der Waals surface area contributed by atoms with Gasteiger partial charge in [-0.25, -0.2) is 0 Å². The van der Waals surface area contributed by atoms with Crippen LogP contribution in [0.1, 0.15) is 49.7 Å². The van der Waals surface area contributed by atoms with Gasteiger partial charge in [-0.05, 0) is 47.9 Å². The van der Waals surface area contributed by atoms with Crippen molar-refractivity contribution < 1.29 is 4.79 Å². The number of carbonyl (C=O) groups excluding carboxylic acids is 1. The van der Waals surface area contributed by atoms with E-state index in [4.69, 9.17) is 0 Å². The van der Waals surface area contributed by atoms with E-state index in [9.17, 15) is 9.59 Å². The van der Waals surface area contributed by atoms with E-state index in [1.807, 2.05) is 20.8 Å². The highest BCUT2D eigenvalue weighted by atomic mass is 127. The predicted octanol–water partition coefficient (Wildman–Crippen LogP) is 2.46. The largest absolute Gasteiger partial charge is 0.349 e. The molecule has 1 aromatic heterocycles. The number of hydrogen-bond acceptors (Lipinski definition) is 2. The maximum absolute atomic E-state index is 12.0. The first-order valence-corrected chi connectivity index (χ1v) is 7.33. The molecular formula is C13H19IN2O2. The molecule has 1 aromatic rings. The molecule has 0 unspecified atom stereocenters. The monoisotopic (exact) mass is 362 g/mol. The van der Waals surface area contributed by atoms with E-state index in [0.29, 0.717) is 0 Å². The summed E-state index contributed by atoms with van der Waals surface area (Å²) in [5, 5.41) is 2.88. The summed E-state index contributed by atoms with van der Waals surface area (Å²) in [5.41, 5.74) is 0.763. The van der Waals surface area contributed by atoms with Crippen molar-refractivity contribution in [3.63, 3.8) is 0 Å². The smallest absolute Gasteiger partial charge is 0.261 e. The van der Waals surface area contributed by atoms with Crippen molar-refractivity contribution in [1.29, 1.82) is 0 Å². The summed E-state index contributed by atoms with van der Waals surface area (Å²) in [6.07, 6.45) is 2.48. The van der Waals surface area contributed by atoms with Gasteiger partial charge in [0.25, 0.3) is 11.5 Å². The van der Waals surface area contributed by atoms with Crippen LogP contribution in [0.5, 0.6) is 0 Å². The SMILES string of the molecule is CCc1[nH]c(=O)c(C(=O)NC(CC)CC)cc1I. The number of carbonyl (C=O) groups is 1. The third kappa shape index (κ3) is 3.57. The van der Waals surface area contributed by atoms with Crippen LogP contribution in [-0.2, 0) is 6.42 Å². The van der Waals surface area contributed by atoms with Crippen LogP contribution in [-0.4, -0.2) is 16.9 Å². The summed E-state index contributed by atoms with van der Waals surface area (Å²) in [6, 6.07) is 1.79. The third-order valence-corrected chi connectivity index (χ3v) is 3.95. The van der Waals surface area contributed by atoms with Crippen molar-refractivity contribution in [2.24, 2.45) is 0 Å². The van der Waals surface area contributed by atoms with E-state index in [1.165, 1.54) is 0 Å². The van der Waals surface area contributed by atoms with Gasteiger partial charge >= 0.3 is 0 Å². The Kier molecular flexibility index (Phi) is 5.84. The van der Waals surface area contributed by atoms with Gasteiger partial charge in [0.15, 0.2) is 0 Å². The standard InChI is InChI=1S/C13H19IN2O2/c1-4-8(5-2)15-12(17)9-7-10(14)11(6-3)16-13(9)18/h7-8H,4-6H2,1-3H3,(H,15,17)(H,16,18). The molecule has 0 aliphatic rings. The van der Waals surface area contributed by atoms with Gasteiger partial charge in [0, 0.05) is 15.3 Å². The second-order valence-corrected chi connectivity index (χ2v) is 5.34. The molecule has 100 valence electrons. The van der Waals surface area contributed by atoms with E-state index in [0.717, 1.165) is 28.5 Å². The summed E-state index contributed by atoms with van der Waals surface area (Å²) in [7, 11) is 0. The Balaban J connectivity index is 3.00. The Labute approximate surface area is 121 Å². The molecule has 0 radical (unpaired) electrons. The molecule has 0 atom stereocenters. The van der Waals surface area contributed by atoms with Crippen molar-refractivity contribution in [1.82, 2.24) is 10.3 Å². The molecule has 5 heteroatoms. The highest BCUT2D eigenvalue weighted by molar-refractivity contribution is 14.1. The van der Waals surface area contributed by atoms with E-state index in [2.05, 4.69) is 32.9 Å². The molecule has 0 fully saturated rings. The van der Waals surface area contributed by atoms with Crippen molar-refractivity contribution in [2.75, 3.05) is 0 Å². The highest BCUT2D eigenvalue weighted by Gasteiger charge is 2.15. The molecule has 1 heterocycles. The average Bonchev–Trinajstić information content (AvgIpc) is 2.37. The fourth-order valence-corrected chi connectivity index (χ4v) is 2.55. The summed E-state index contributed by atoms with van der Waals surface area (Å²) in [5.74, 6) is -0.287. The summed E-state index contributed by atoms with van der Waals surface area (Å²) >= 11 is 2.14. The van der Waals surface area contributed by atoms with Crippen LogP contribution in [0, 0.1) is 3.57 Å². The van der Waals surface area contributed by atoms with Crippen molar-refractivity contribution in [2.45, 2.75) is 46.1 Å². The fourth-order valence-electron chi connectivity index (χ4n) is 1.73. The molecule has 0 saturated heterocycles. The minimum absolute atomic E-state index is 0.125. The number of H-pyrrole nitrogens is 1. The van der Waals surface area contributed by atoms with Crippen LogP contribution in [0.25, 0.3) is 0 Å². The topological polar surface area (TPSA) is 62.0 Å². The molecule has 0 aromatic carbocycles. The zero-order chi connectivity index (χ0) is 13.7. The number of aromatic amines is 1. The number of hydrogen-bond donors (Lipinski definition) is 2. The van der Waals surface area contributed by atoms with Crippen LogP contribution < -0.4 is 10.9 Å². The molecule has 0 aliphatic heterocycles. The zero-order valence-corrected chi connectivity index (χ0v) is 13.1. The molecule has 0 bridgehead atoms. The van der Waals surface area contributed by atoms with Gasteiger partial charge in [0.05, 0.1) is 0 Å². The third-order valence-electron chi connectivity index (χ3n) is 2.99. The number of nitrogens with one attached hydrogen (secondary N) is 2. The molecule has 2 N–H and O–H groups in total. The lowest BCUT2D eigenvalue weighted by atomic mass is 10.1. The maximum Gasteiger partial charge on any atom is 0.261 e. The van der Waals surface area contributed by atoms with Crippen LogP contribution >= 0.6 is 22.6 Å². The number of aromatic nitrogens is 1. The van der Waals surface area contributed by atoms with E-state index < -0.39 is 0 Å². The normalized spacial score (nSPS) is 10.7. The van der Waals surface area contributed by atoms with Gasteiger partial charge in [-0.15, -0.1) is 0 Å². The van der Waals surface area contributed by atoms with Gasteiger partial charge in [0.2, 0.25) is 0 Å². The number of pyridine rings is 1. The van der Waals surface area contributed by atoms with Crippen LogP contribution in [0.3, 0.4) is 0 Å². The number of rotatable bonds is 5. The molecule has 4 nitrogen and oxygen atoms in total. The van der Waals surface area contributed by atoms with Crippen molar-refractivity contribution in [3.8, 4) is 0 Å². The van der Waals surface area contributed by atoms with E-state index in [-0.39, 0.29) is 23.1 Å². The lowest BCUT2D eigenvalue weighted by molar-refractivity contribution is 0.0933. The Morgan fingerprint density at radius 1 is 1.39 bits per heavy atom. The first-order valence-electron chi connectivity index (χ1n) is 6.25. The molecule has 1 amide bonds. The maximum atomic E-state index is 12.0. The summed E-state index contributed by atoms with van der Waals surface area (Å²) in [6.45, 7) is 6.00. The van der Waals surface area contributed by atoms with Gasteiger partial charge in [0.1, 0.15) is 5.56 Å². The molecular weight excluding hydrogens is 343 g/mol. The Morgan fingerprint density at radius 3 is 2.50 bits per heavy atom. The zero-order valence-electron chi connectivity index (χ0n) is 11.0. The molecule has 18 heavy (non-hydrogen) atoms. The number of amides is 1. The summed E-state index contributed by atoms with van der Waals surface area (Å²) in [4.78, 5) is 26.6. The Bertz CT molecular complexity index is 478. The molecule has 0 saturated carbocycles. The minimum Gasteiger partial charge on any atom is -0.349 e. The average molecular weight is 362 g/mol. The fraction of sp³-hybridized carbons (Fsp3) is 0.538. The Morgan fingerprint density at radius 2 is 2.00 bits per heavy atom. The highest BCUT2D eigenvalue weighted by Crippen LogP contribution is 2.10. The molecule has 0 aliphatic carbocycles. The summed E-state index contributed by atoms with van der Waals surface area (Å²) < 4.78 is 0.921. The first-order chi connectivity index (χ1) is 8.53. The van der Waals surface area contributed by atoms with Gasteiger partial charge < -0.3 is 10.3 Å². The molecule has 1 rings (SSSR count). The number of halogens is 1. The van der Waals surface area contributed by atoms with Gasteiger partial charge in [-0.1, -0.05) is 20.8 Å². The molecule has 0 spiro atoms. The lowest BCUT2D eigenvalue weighted by Gasteiger charge is -2.14. The number of aryl methyl sites for hydroxylation is 1. The van der Waals surface area contributed by atoms with Crippen molar-refractivity contribution >= 4 is 28.5 Å². The van der Waals surface area contributed by atoms with Crippen molar-refractivity contribution in [3.05, 3.63) is 31.2 Å².